The van der Waals surface area contributed by atoms with Crippen LogP contribution in [-0.2, 0) is 15.1 Å². The molecule has 2 aliphatic heterocycles. The molecule has 0 aliphatic carbocycles. The summed E-state index contributed by atoms with van der Waals surface area (Å²) in [5.74, 6) is 0.763. The normalized spacial score (nSPS) is 23.9. The van der Waals surface area contributed by atoms with Crippen molar-refractivity contribution in [2.75, 3.05) is 18.1 Å². The van der Waals surface area contributed by atoms with E-state index in [0.717, 1.165) is 22.6 Å². The lowest BCUT2D eigenvalue weighted by atomic mass is 9.85. The van der Waals surface area contributed by atoms with Crippen molar-refractivity contribution >= 4 is 11.6 Å². The van der Waals surface area contributed by atoms with E-state index in [1.165, 1.54) is 0 Å². The quantitative estimate of drug-likeness (QED) is 0.748. The Morgan fingerprint density at radius 3 is 2.74 bits per heavy atom. The summed E-state index contributed by atoms with van der Waals surface area (Å²) >= 11 is 0. The Hall–Kier alpha value is -2.85. The van der Waals surface area contributed by atoms with Crippen LogP contribution in [0.3, 0.4) is 0 Å². The summed E-state index contributed by atoms with van der Waals surface area (Å²) in [5.41, 5.74) is 1.98. The third kappa shape index (κ3) is 3.06. The highest BCUT2D eigenvalue weighted by Crippen LogP contribution is 2.48. The fourth-order valence-electron chi connectivity index (χ4n) is 3.97. The zero-order chi connectivity index (χ0) is 18.9. The number of benzene rings is 2. The van der Waals surface area contributed by atoms with Crippen molar-refractivity contribution in [1.29, 1.82) is 0 Å². The Morgan fingerprint density at radius 2 is 1.96 bits per heavy atom. The molecule has 4 nitrogen and oxygen atoms in total. The number of nitrogens with zero attached hydrogens (tertiary/aromatic N) is 1. The number of fused-ring (bicyclic) bond motifs is 2. The van der Waals surface area contributed by atoms with Crippen LogP contribution in [0.15, 0.2) is 78.9 Å². The molecule has 27 heavy (non-hydrogen) atoms. The molecule has 0 radical (unpaired) electrons. The van der Waals surface area contributed by atoms with Gasteiger partial charge in [0.05, 0.1) is 5.69 Å². The first-order chi connectivity index (χ1) is 13.1. The van der Waals surface area contributed by atoms with Gasteiger partial charge in [-0.1, -0.05) is 54.1 Å². The van der Waals surface area contributed by atoms with Gasteiger partial charge in [0.1, 0.15) is 18.5 Å². The second kappa shape index (κ2) is 7.05. The van der Waals surface area contributed by atoms with Gasteiger partial charge in [-0.3, -0.25) is 4.79 Å². The van der Waals surface area contributed by atoms with Crippen molar-refractivity contribution < 1.29 is 14.3 Å². The predicted octanol–water partition coefficient (Wildman–Crippen LogP) is 4.23. The number of hydrogen-bond acceptors (Lipinski definition) is 3. The van der Waals surface area contributed by atoms with E-state index in [1.807, 2.05) is 61.5 Å². The fraction of sp³-hybridized carbons (Fsp3) is 0.261. The summed E-state index contributed by atoms with van der Waals surface area (Å²) in [7, 11) is 0. The molecule has 0 saturated carbocycles. The van der Waals surface area contributed by atoms with E-state index in [0.29, 0.717) is 19.6 Å². The molecule has 0 unspecified atom stereocenters. The molecule has 2 aromatic rings. The lowest BCUT2D eigenvalue weighted by Gasteiger charge is -2.36. The molecular formula is C23H23NO3. The van der Waals surface area contributed by atoms with Gasteiger partial charge in [-0.25, -0.2) is 0 Å². The maximum absolute atomic E-state index is 13.4. The molecule has 2 aliphatic rings. The molecular weight excluding hydrogens is 338 g/mol. The van der Waals surface area contributed by atoms with Crippen LogP contribution in [0, 0.1) is 0 Å². The second-order valence-electron chi connectivity index (χ2n) is 7.02. The van der Waals surface area contributed by atoms with Crippen LogP contribution in [0.1, 0.15) is 18.9 Å². The molecule has 0 saturated heterocycles. The number of ether oxygens (including phenoxy) is 2. The van der Waals surface area contributed by atoms with Crippen molar-refractivity contribution in [3.63, 3.8) is 0 Å². The third-order valence-electron chi connectivity index (χ3n) is 5.04. The summed E-state index contributed by atoms with van der Waals surface area (Å²) in [6.07, 6.45) is 4.06. The standard InChI is InChI=1S/C23H23NO3/c1-3-13-24-21-12-8-7-11-20(21)23(22(24)25)15-17(2)14-19(27-23)16-26-18-9-5-4-6-10-18/h3-12,14,19H,1,13,15-16H2,2H3/t19-,23+/m0/s1. The number of anilines is 1. The summed E-state index contributed by atoms with van der Waals surface area (Å²) < 4.78 is 12.3. The van der Waals surface area contributed by atoms with E-state index in [9.17, 15) is 4.79 Å². The lowest BCUT2D eigenvalue weighted by Crippen LogP contribution is -2.47. The molecule has 0 bridgehead atoms. The van der Waals surface area contributed by atoms with E-state index in [2.05, 4.69) is 12.7 Å². The Labute approximate surface area is 159 Å². The molecule has 2 aromatic carbocycles. The van der Waals surface area contributed by atoms with Crippen LogP contribution in [0.4, 0.5) is 5.69 Å². The van der Waals surface area contributed by atoms with Gasteiger partial charge in [-0.2, -0.15) is 0 Å². The summed E-state index contributed by atoms with van der Waals surface area (Å²) in [6.45, 7) is 6.67. The van der Waals surface area contributed by atoms with E-state index >= 15 is 0 Å². The Morgan fingerprint density at radius 1 is 1.22 bits per heavy atom. The van der Waals surface area contributed by atoms with Gasteiger partial charge in [-0.15, -0.1) is 6.58 Å². The van der Waals surface area contributed by atoms with Crippen LogP contribution >= 0.6 is 0 Å². The summed E-state index contributed by atoms with van der Waals surface area (Å²) in [4.78, 5) is 15.1. The van der Waals surface area contributed by atoms with Crippen LogP contribution in [0.25, 0.3) is 0 Å². The topological polar surface area (TPSA) is 38.8 Å². The maximum atomic E-state index is 13.4. The van der Waals surface area contributed by atoms with Crippen LogP contribution in [0.5, 0.6) is 5.75 Å². The van der Waals surface area contributed by atoms with Gasteiger partial charge in [-0.05, 0) is 25.1 Å². The molecule has 2 atom stereocenters. The zero-order valence-electron chi connectivity index (χ0n) is 15.4. The van der Waals surface area contributed by atoms with E-state index in [1.54, 1.807) is 11.0 Å². The van der Waals surface area contributed by atoms with Gasteiger partial charge >= 0.3 is 0 Å². The van der Waals surface area contributed by atoms with Crippen molar-refractivity contribution in [1.82, 2.24) is 0 Å². The summed E-state index contributed by atoms with van der Waals surface area (Å²) in [6, 6.07) is 17.5. The molecule has 0 fully saturated rings. The Balaban J connectivity index is 1.64. The highest BCUT2D eigenvalue weighted by atomic mass is 16.6. The number of carbonyl (C=O) groups excluding carboxylic acids is 1. The van der Waals surface area contributed by atoms with Crippen molar-refractivity contribution in [2.45, 2.75) is 25.0 Å². The highest BCUT2D eigenvalue weighted by molar-refractivity contribution is 6.07. The van der Waals surface area contributed by atoms with Gasteiger partial charge in [0.2, 0.25) is 0 Å². The van der Waals surface area contributed by atoms with Crippen LogP contribution in [0.2, 0.25) is 0 Å². The van der Waals surface area contributed by atoms with Gasteiger partial charge in [0, 0.05) is 18.5 Å². The van der Waals surface area contributed by atoms with Crippen molar-refractivity contribution in [2.24, 2.45) is 0 Å². The Bertz CT molecular complexity index is 890. The van der Waals surface area contributed by atoms with E-state index in [4.69, 9.17) is 9.47 Å². The molecule has 2 heterocycles. The van der Waals surface area contributed by atoms with Crippen molar-refractivity contribution in [3.05, 3.63) is 84.5 Å². The third-order valence-corrected chi connectivity index (χ3v) is 5.04. The number of para-hydroxylation sites is 2. The molecule has 0 aromatic heterocycles. The smallest absolute Gasteiger partial charge is 0.264 e. The fourth-order valence-corrected chi connectivity index (χ4v) is 3.97. The molecule has 0 N–H and O–H groups in total. The van der Waals surface area contributed by atoms with Crippen LogP contribution < -0.4 is 9.64 Å². The highest BCUT2D eigenvalue weighted by Gasteiger charge is 2.54. The largest absolute Gasteiger partial charge is 0.491 e. The zero-order valence-corrected chi connectivity index (χ0v) is 15.4. The monoisotopic (exact) mass is 361 g/mol. The minimum atomic E-state index is -0.983. The minimum Gasteiger partial charge on any atom is -0.491 e. The maximum Gasteiger partial charge on any atom is 0.264 e. The first-order valence-corrected chi connectivity index (χ1v) is 9.19. The predicted molar refractivity (Wildman–Crippen MR) is 106 cm³/mol. The first kappa shape index (κ1) is 17.6. The molecule has 1 spiro atoms. The summed E-state index contributed by atoms with van der Waals surface area (Å²) in [5, 5.41) is 0. The lowest BCUT2D eigenvalue weighted by molar-refractivity contribution is -0.153. The van der Waals surface area contributed by atoms with Gasteiger partial charge in [0.25, 0.3) is 5.91 Å². The number of carbonyl (C=O) groups is 1. The van der Waals surface area contributed by atoms with E-state index in [-0.39, 0.29) is 12.0 Å². The second-order valence-corrected chi connectivity index (χ2v) is 7.02. The first-order valence-electron chi connectivity index (χ1n) is 9.19. The van der Waals surface area contributed by atoms with Crippen molar-refractivity contribution in [3.8, 4) is 5.75 Å². The number of rotatable bonds is 5. The average molecular weight is 361 g/mol. The van der Waals surface area contributed by atoms with Gasteiger partial charge < -0.3 is 14.4 Å². The van der Waals surface area contributed by atoms with Gasteiger partial charge in [0.15, 0.2) is 5.60 Å². The number of amides is 1. The minimum absolute atomic E-state index is 0.0271. The molecule has 1 amide bonds. The molecule has 4 rings (SSSR count). The van der Waals surface area contributed by atoms with Crippen LogP contribution in [-0.4, -0.2) is 25.2 Å². The SMILES string of the molecule is C=CCN1C(=O)[C@@]2(CC(C)=C[C@@H](COc3ccccc3)O2)c2ccccc21. The Kier molecular flexibility index (Phi) is 4.58. The average Bonchev–Trinajstić information content (AvgIpc) is 2.90. The van der Waals surface area contributed by atoms with E-state index < -0.39 is 5.60 Å². The number of hydrogen-bond donors (Lipinski definition) is 0. The molecule has 4 heteroatoms. The molecule has 138 valence electrons.